The summed E-state index contributed by atoms with van der Waals surface area (Å²) in [5.41, 5.74) is 0. The summed E-state index contributed by atoms with van der Waals surface area (Å²) in [7, 11) is 0. The van der Waals surface area contributed by atoms with Gasteiger partial charge in [0, 0.05) is 13.1 Å². The number of rotatable bonds is 3. The quantitative estimate of drug-likeness (QED) is 0.745. The van der Waals surface area contributed by atoms with Gasteiger partial charge in [0.05, 0.1) is 6.10 Å². The summed E-state index contributed by atoms with van der Waals surface area (Å²) < 4.78 is 11.8. The van der Waals surface area contributed by atoms with Crippen LogP contribution in [0.15, 0.2) is 0 Å². The van der Waals surface area contributed by atoms with E-state index in [4.69, 9.17) is 9.47 Å². The molecule has 1 heterocycles. The first-order chi connectivity index (χ1) is 10.7. The van der Waals surface area contributed by atoms with Crippen molar-refractivity contribution in [2.75, 3.05) is 13.1 Å². The van der Waals surface area contributed by atoms with Gasteiger partial charge in [-0.15, -0.1) is 0 Å². The van der Waals surface area contributed by atoms with E-state index in [1.165, 1.54) is 38.5 Å². The molecule has 5 aliphatic rings. The first-order valence-corrected chi connectivity index (χ1v) is 9.30. The largest absolute Gasteiger partial charge is 0.420 e. The molecular weight excluding hydrogens is 278 g/mol. The fourth-order valence-electron chi connectivity index (χ4n) is 5.64. The van der Waals surface area contributed by atoms with E-state index in [9.17, 15) is 4.79 Å². The molecule has 5 rings (SSSR count). The van der Waals surface area contributed by atoms with Gasteiger partial charge in [-0.05, 0) is 82.0 Å². The number of hydrogen-bond acceptors (Lipinski definition) is 3. The molecule has 1 atom stereocenters. The van der Waals surface area contributed by atoms with Crippen molar-refractivity contribution < 1.29 is 14.3 Å². The fraction of sp³-hybridized carbons (Fsp3) is 0.944. The van der Waals surface area contributed by atoms with Gasteiger partial charge < -0.3 is 14.4 Å². The minimum atomic E-state index is -0.406. The maximum atomic E-state index is 12.2. The van der Waals surface area contributed by atoms with Gasteiger partial charge in [0.25, 0.3) is 0 Å². The SMILES string of the molecule is CC(OC(=O)N1CCCCC1)OC1C2CC3CC(C2)CC1C3. The molecule has 4 bridgehead atoms. The maximum absolute atomic E-state index is 12.2. The van der Waals surface area contributed by atoms with E-state index in [1.807, 2.05) is 11.8 Å². The van der Waals surface area contributed by atoms with Crippen molar-refractivity contribution in [1.29, 1.82) is 0 Å². The van der Waals surface area contributed by atoms with Crippen molar-refractivity contribution in [3.8, 4) is 0 Å². The van der Waals surface area contributed by atoms with E-state index in [-0.39, 0.29) is 6.09 Å². The third-order valence-electron chi connectivity index (χ3n) is 6.37. The number of hydrogen-bond donors (Lipinski definition) is 0. The predicted octanol–water partition coefficient (Wildman–Crippen LogP) is 3.80. The highest BCUT2D eigenvalue weighted by molar-refractivity contribution is 5.67. The Bertz CT molecular complexity index is 391. The average Bonchev–Trinajstić information content (AvgIpc) is 2.51. The number of nitrogens with zero attached hydrogens (tertiary/aromatic N) is 1. The van der Waals surface area contributed by atoms with Gasteiger partial charge in [-0.25, -0.2) is 4.79 Å². The molecule has 0 aromatic rings. The highest BCUT2D eigenvalue weighted by Gasteiger charge is 2.49. The molecule has 124 valence electrons. The molecule has 5 fully saturated rings. The number of piperidine rings is 1. The van der Waals surface area contributed by atoms with E-state index < -0.39 is 6.29 Å². The second-order valence-electron chi connectivity index (χ2n) is 8.03. The smallest absolute Gasteiger partial charge is 0.412 e. The van der Waals surface area contributed by atoms with Gasteiger partial charge in [0.2, 0.25) is 6.29 Å². The van der Waals surface area contributed by atoms with Crippen LogP contribution in [0.2, 0.25) is 0 Å². The third-order valence-corrected chi connectivity index (χ3v) is 6.37. The van der Waals surface area contributed by atoms with Crippen LogP contribution in [0, 0.1) is 23.7 Å². The summed E-state index contributed by atoms with van der Waals surface area (Å²) in [5, 5.41) is 0. The lowest BCUT2D eigenvalue weighted by molar-refractivity contribution is -0.202. The molecule has 22 heavy (non-hydrogen) atoms. The molecule has 4 nitrogen and oxygen atoms in total. The number of ether oxygens (including phenoxy) is 2. The Morgan fingerprint density at radius 1 is 0.955 bits per heavy atom. The Hall–Kier alpha value is -0.770. The zero-order chi connectivity index (χ0) is 15.1. The van der Waals surface area contributed by atoms with Crippen LogP contribution in [-0.2, 0) is 9.47 Å². The Morgan fingerprint density at radius 2 is 1.55 bits per heavy atom. The molecule has 0 spiro atoms. The molecule has 1 amide bonds. The molecule has 4 heteroatoms. The molecule has 1 aliphatic heterocycles. The van der Waals surface area contributed by atoms with Crippen molar-refractivity contribution in [3.05, 3.63) is 0 Å². The Morgan fingerprint density at radius 3 is 2.14 bits per heavy atom. The van der Waals surface area contributed by atoms with E-state index in [0.717, 1.165) is 37.8 Å². The van der Waals surface area contributed by atoms with Gasteiger partial charge in [0.1, 0.15) is 0 Å². The summed E-state index contributed by atoms with van der Waals surface area (Å²) in [5.74, 6) is 3.34. The predicted molar refractivity (Wildman–Crippen MR) is 83.3 cm³/mol. The molecule has 0 N–H and O–H groups in total. The maximum Gasteiger partial charge on any atom is 0.412 e. The van der Waals surface area contributed by atoms with Crippen molar-refractivity contribution in [2.24, 2.45) is 23.7 Å². The molecule has 1 saturated heterocycles. The fourth-order valence-corrected chi connectivity index (χ4v) is 5.64. The second kappa shape index (κ2) is 6.03. The van der Waals surface area contributed by atoms with E-state index in [1.54, 1.807) is 0 Å². The van der Waals surface area contributed by atoms with Gasteiger partial charge in [-0.3, -0.25) is 0 Å². The first-order valence-electron chi connectivity index (χ1n) is 9.30. The number of carbonyl (C=O) groups excluding carboxylic acids is 1. The molecule has 1 unspecified atom stereocenters. The Kier molecular flexibility index (Phi) is 4.05. The lowest BCUT2D eigenvalue weighted by atomic mass is 9.55. The molecule has 0 aromatic heterocycles. The van der Waals surface area contributed by atoms with Crippen LogP contribution in [0.3, 0.4) is 0 Å². The van der Waals surface area contributed by atoms with Crippen LogP contribution in [0.1, 0.15) is 58.3 Å². The van der Waals surface area contributed by atoms with E-state index in [0.29, 0.717) is 17.9 Å². The van der Waals surface area contributed by atoms with Crippen LogP contribution in [0.25, 0.3) is 0 Å². The zero-order valence-electron chi connectivity index (χ0n) is 13.7. The Labute approximate surface area is 133 Å². The normalized spacial score (nSPS) is 41.5. The summed E-state index contributed by atoms with van der Waals surface area (Å²) in [6, 6.07) is 0. The first kappa shape index (κ1) is 14.8. The minimum Gasteiger partial charge on any atom is -0.420 e. The lowest BCUT2D eigenvalue weighted by Crippen LogP contribution is -2.50. The summed E-state index contributed by atoms with van der Waals surface area (Å²) in [4.78, 5) is 14.0. The second-order valence-corrected chi connectivity index (χ2v) is 8.03. The van der Waals surface area contributed by atoms with Gasteiger partial charge in [0.15, 0.2) is 0 Å². The third kappa shape index (κ3) is 2.86. The number of likely N-dealkylation sites (tertiary alicyclic amines) is 1. The number of amides is 1. The van der Waals surface area contributed by atoms with Crippen LogP contribution >= 0.6 is 0 Å². The van der Waals surface area contributed by atoms with Crippen molar-refractivity contribution in [2.45, 2.75) is 70.7 Å². The highest BCUT2D eigenvalue weighted by Crippen LogP contribution is 2.54. The zero-order valence-corrected chi connectivity index (χ0v) is 13.7. The summed E-state index contributed by atoms with van der Waals surface area (Å²) in [6.07, 6.45) is 9.97. The molecule has 0 radical (unpaired) electrons. The number of carbonyl (C=O) groups is 1. The summed E-state index contributed by atoms with van der Waals surface area (Å²) >= 11 is 0. The summed E-state index contributed by atoms with van der Waals surface area (Å²) in [6.45, 7) is 3.57. The van der Waals surface area contributed by atoms with Crippen molar-refractivity contribution in [1.82, 2.24) is 4.90 Å². The molecule has 4 saturated carbocycles. The standard InChI is InChI=1S/C18H29NO3/c1-12(22-18(20)19-5-3-2-4-6-19)21-17-15-8-13-7-14(10-15)11-16(17)9-13/h12-17H,2-11H2,1H3. The van der Waals surface area contributed by atoms with Gasteiger partial charge in [-0.2, -0.15) is 0 Å². The van der Waals surface area contributed by atoms with Crippen LogP contribution in [-0.4, -0.2) is 36.5 Å². The van der Waals surface area contributed by atoms with Crippen LogP contribution < -0.4 is 0 Å². The van der Waals surface area contributed by atoms with Crippen LogP contribution in [0.5, 0.6) is 0 Å². The highest BCUT2D eigenvalue weighted by atomic mass is 16.7. The van der Waals surface area contributed by atoms with Crippen molar-refractivity contribution in [3.63, 3.8) is 0 Å². The van der Waals surface area contributed by atoms with Crippen molar-refractivity contribution >= 4 is 6.09 Å². The lowest BCUT2D eigenvalue weighted by Gasteiger charge is -2.54. The molecule has 4 aliphatic carbocycles. The monoisotopic (exact) mass is 307 g/mol. The van der Waals surface area contributed by atoms with E-state index >= 15 is 0 Å². The minimum absolute atomic E-state index is 0.184. The molecular formula is C18H29NO3. The van der Waals surface area contributed by atoms with Gasteiger partial charge in [-0.1, -0.05) is 0 Å². The average molecular weight is 307 g/mol. The van der Waals surface area contributed by atoms with Gasteiger partial charge >= 0.3 is 6.09 Å². The topological polar surface area (TPSA) is 38.8 Å². The Balaban J connectivity index is 1.30. The van der Waals surface area contributed by atoms with Crippen LogP contribution in [0.4, 0.5) is 4.79 Å². The molecule has 0 aromatic carbocycles. The van der Waals surface area contributed by atoms with E-state index in [2.05, 4.69) is 0 Å².